The summed E-state index contributed by atoms with van der Waals surface area (Å²) in [5, 5.41) is 3.04. The van der Waals surface area contributed by atoms with Crippen LogP contribution in [0.3, 0.4) is 0 Å². The zero-order chi connectivity index (χ0) is 10.9. The normalized spacial score (nSPS) is 25.8. The van der Waals surface area contributed by atoms with Crippen LogP contribution in [0.1, 0.15) is 12.0 Å². The van der Waals surface area contributed by atoms with Crippen LogP contribution in [-0.2, 0) is 6.42 Å². The summed E-state index contributed by atoms with van der Waals surface area (Å²) in [5.74, 6) is -0.483. The van der Waals surface area contributed by atoms with Crippen LogP contribution in [0.15, 0.2) is 18.2 Å². The number of hydrogen-bond acceptors (Lipinski definition) is 1. The molecule has 1 atom stereocenters. The van der Waals surface area contributed by atoms with E-state index >= 15 is 0 Å². The van der Waals surface area contributed by atoms with Gasteiger partial charge in [-0.15, -0.1) is 0 Å². The molecule has 1 unspecified atom stereocenters. The maximum atomic E-state index is 14.0. The second-order valence-corrected chi connectivity index (χ2v) is 4.41. The Morgan fingerprint density at radius 2 is 2.27 bits per heavy atom. The average Bonchev–Trinajstić information content (AvgIpc) is 2.59. The monoisotopic (exact) mass is 231 g/mol. The fraction of sp³-hybridized carbons (Fsp3) is 0.455. The molecule has 1 N–H and O–H groups in total. The molecule has 1 aromatic rings. The Balaban J connectivity index is 2.13. The summed E-state index contributed by atoms with van der Waals surface area (Å²) in [4.78, 5) is 0. The lowest BCUT2D eigenvalue weighted by molar-refractivity contribution is 0.190. The van der Waals surface area contributed by atoms with Crippen molar-refractivity contribution >= 4 is 11.6 Å². The SMILES string of the molecule is Fc1cc(CC2(F)CCNC2)ccc1Cl. The maximum Gasteiger partial charge on any atom is 0.142 e. The van der Waals surface area contributed by atoms with Crippen molar-refractivity contribution < 1.29 is 8.78 Å². The van der Waals surface area contributed by atoms with Crippen molar-refractivity contribution in [2.75, 3.05) is 13.1 Å². The third kappa shape index (κ3) is 2.47. The van der Waals surface area contributed by atoms with Gasteiger partial charge in [0.25, 0.3) is 0 Å². The van der Waals surface area contributed by atoms with Crippen molar-refractivity contribution in [3.05, 3.63) is 34.6 Å². The van der Waals surface area contributed by atoms with Crippen LogP contribution in [0.2, 0.25) is 5.02 Å². The van der Waals surface area contributed by atoms with Crippen molar-refractivity contribution in [1.29, 1.82) is 0 Å². The van der Waals surface area contributed by atoms with Gasteiger partial charge in [-0.1, -0.05) is 17.7 Å². The molecule has 1 aliphatic heterocycles. The van der Waals surface area contributed by atoms with Crippen LogP contribution >= 0.6 is 11.6 Å². The molecule has 1 saturated heterocycles. The second kappa shape index (κ2) is 4.06. The molecule has 1 aliphatic rings. The van der Waals surface area contributed by atoms with Crippen LogP contribution < -0.4 is 5.32 Å². The highest BCUT2D eigenvalue weighted by Gasteiger charge is 2.33. The number of hydrogen-bond donors (Lipinski definition) is 1. The number of rotatable bonds is 2. The standard InChI is InChI=1S/C11H12ClF2N/c12-9-2-1-8(5-10(9)13)6-11(14)3-4-15-7-11/h1-2,5,15H,3-4,6-7H2. The highest BCUT2D eigenvalue weighted by molar-refractivity contribution is 6.30. The lowest BCUT2D eigenvalue weighted by Crippen LogP contribution is -2.28. The van der Waals surface area contributed by atoms with Crippen molar-refractivity contribution in [3.8, 4) is 0 Å². The molecule has 1 aromatic carbocycles. The van der Waals surface area contributed by atoms with Gasteiger partial charge in [0.15, 0.2) is 0 Å². The number of nitrogens with one attached hydrogen (secondary N) is 1. The number of benzene rings is 1. The van der Waals surface area contributed by atoms with Gasteiger partial charge in [-0.05, 0) is 30.7 Å². The van der Waals surface area contributed by atoms with Crippen LogP contribution in [0.25, 0.3) is 0 Å². The predicted molar refractivity (Wildman–Crippen MR) is 56.4 cm³/mol. The van der Waals surface area contributed by atoms with Gasteiger partial charge in [0.05, 0.1) is 5.02 Å². The summed E-state index contributed by atoms with van der Waals surface area (Å²) in [5.41, 5.74) is -0.580. The van der Waals surface area contributed by atoms with E-state index in [0.717, 1.165) is 0 Å². The number of halogens is 3. The third-order valence-electron chi connectivity index (χ3n) is 2.70. The van der Waals surface area contributed by atoms with E-state index in [-0.39, 0.29) is 11.4 Å². The lowest BCUT2D eigenvalue weighted by Gasteiger charge is -2.17. The van der Waals surface area contributed by atoms with Gasteiger partial charge in [-0.3, -0.25) is 0 Å². The Morgan fingerprint density at radius 1 is 1.47 bits per heavy atom. The second-order valence-electron chi connectivity index (χ2n) is 4.00. The smallest absolute Gasteiger partial charge is 0.142 e. The molecule has 0 amide bonds. The zero-order valence-corrected chi connectivity index (χ0v) is 8.95. The molecular weight excluding hydrogens is 220 g/mol. The molecule has 0 spiro atoms. The van der Waals surface area contributed by atoms with Gasteiger partial charge in [0.1, 0.15) is 11.5 Å². The minimum atomic E-state index is -1.24. The molecule has 4 heteroatoms. The van der Waals surface area contributed by atoms with E-state index in [4.69, 9.17) is 11.6 Å². The molecule has 82 valence electrons. The first-order valence-corrected chi connectivity index (χ1v) is 5.30. The molecule has 1 heterocycles. The molecule has 0 aliphatic carbocycles. The van der Waals surface area contributed by atoms with Gasteiger partial charge in [-0.2, -0.15) is 0 Å². The van der Waals surface area contributed by atoms with E-state index in [1.165, 1.54) is 12.1 Å². The Kier molecular flexibility index (Phi) is 2.94. The van der Waals surface area contributed by atoms with Gasteiger partial charge in [0, 0.05) is 13.0 Å². The molecule has 1 nitrogen and oxygen atoms in total. The van der Waals surface area contributed by atoms with Crippen LogP contribution in [0.5, 0.6) is 0 Å². The van der Waals surface area contributed by atoms with Crippen molar-refractivity contribution in [2.24, 2.45) is 0 Å². The summed E-state index contributed by atoms with van der Waals surface area (Å²) in [7, 11) is 0. The van der Waals surface area contributed by atoms with E-state index < -0.39 is 11.5 Å². The summed E-state index contributed by atoms with van der Waals surface area (Å²) in [6, 6.07) is 4.45. The van der Waals surface area contributed by atoms with Crippen molar-refractivity contribution in [1.82, 2.24) is 5.32 Å². The number of alkyl halides is 1. The summed E-state index contributed by atoms with van der Waals surface area (Å²) in [6.07, 6.45) is 0.728. The Labute approximate surface area is 92.4 Å². The van der Waals surface area contributed by atoms with E-state index in [9.17, 15) is 8.78 Å². The van der Waals surface area contributed by atoms with Crippen molar-refractivity contribution in [2.45, 2.75) is 18.5 Å². The molecule has 2 rings (SSSR count). The van der Waals surface area contributed by atoms with E-state index in [0.29, 0.717) is 25.1 Å². The van der Waals surface area contributed by atoms with Gasteiger partial charge in [-0.25, -0.2) is 8.78 Å². The Hall–Kier alpha value is -0.670. The fourth-order valence-corrected chi connectivity index (χ4v) is 2.00. The van der Waals surface area contributed by atoms with Gasteiger partial charge in [0.2, 0.25) is 0 Å². The van der Waals surface area contributed by atoms with Gasteiger partial charge < -0.3 is 5.32 Å². The topological polar surface area (TPSA) is 12.0 Å². The summed E-state index contributed by atoms with van der Waals surface area (Å²) >= 11 is 5.55. The minimum Gasteiger partial charge on any atom is -0.313 e. The summed E-state index contributed by atoms with van der Waals surface area (Å²) < 4.78 is 27.1. The first kappa shape index (κ1) is 10.8. The van der Waals surface area contributed by atoms with E-state index in [1.807, 2.05) is 0 Å². The molecule has 0 saturated carbocycles. The summed E-state index contributed by atoms with van der Waals surface area (Å²) in [6.45, 7) is 1.03. The van der Waals surface area contributed by atoms with Crippen LogP contribution in [0, 0.1) is 5.82 Å². The van der Waals surface area contributed by atoms with Crippen LogP contribution in [0.4, 0.5) is 8.78 Å². The maximum absolute atomic E-state index is 14.0. The lowest BCUT2D eigenvalue weighted by atomic mass is 9.95. The van der Waals surface area contributed by atoms with E-state index in [1.54, 1.807) is 6.07 Å². The largest absolute Gasteiger partial charge is 0.313 e. The Morgan fingerprint density at radius 3 is 2.87 bits per heavy atom. The first-order chi connectivity index (χ1) is 7.09. The molecule has 0 radical (unpaired) electrons. The zero-order valence-electron chi connectivity index (χ0n) is 8.19. The molecular formula is C11H12ClF2N. The molecule has 0 aromatic heterocycles. The Bertz CT molecular complexity index is 362. The minimum absolute atomic E-state index is 0.0798. The van der Waals surface area contributed by atoms with Gasteiger partial charge >= 0.3 is 0 Å². The molecule has 15 heavy (non-hydrogen) atoms. The third-order valence-corrected chi connectivity index (χ3v) is 3.00. The van der Waals surface area contributed by atoms with Crippen molar-refractivity contribution in [3.63, 3.8) is 0 Å². The highest BCUT2D eigenvalue weighted by atomic mass is 35.5. The van der Waals surface area contributed by atoms with Crippen LogP contribution in [-0.4, -0.2) is 18.8 Å². The molecule has 0 bridgehead atoms. The van der Waals surface area contributed by atoms with E-state index in [2.05, 4.69) is 5.32 Å². The fourth-order valence-electron chi connectivity index (χ4n) is 1.88. The molecule has 1 fully saturated rings. The predicted octanol–water partition coefficient (Wildman–Crippen LogP) is 2.72. The average molecular weight is 232 g/mol. The first-order valence-electron chi connectivity index (χ1n) is 4.93. The highest BCUT2D eigenvalue weighted by Crippen LogP contribution is 2.26. The quantitative estimate of drug-likeness (QED) is 0.825.